The molecule has 0 aliphatic heterocycles. The topological polar surface area (TPSA) is 77.0 Å². The first-order valence-electron chi connectivity index (χ1n) is 13.1. The van der Waals surface area contributed by atoms with Crippen molar-refractivity contribution in [3.05, 3.63) is 132 Å². The Morgan fingerprint density at radius 1 is 1.10 bits per heavy atom. The zero-order chi connectivity index (χ0) is 30.5. The van der Waals surface area contributed by atoms with Crippen LogP contribution in [0.2, 0.25) is 0 Å². The molecule has 1 aliphatic carbocycles. The lowest BCUT2D eigenvalue weighted by Crippen LogP contribution is -2.09. The monoisotopic (exact) mass is 552 g/mol. The number of hydrogen-bond acceptors (Lipinski definition) is 4. The van der Waals surface area contributed by atoms with Gasteiger partial charge in [0.05, 0.1) is 0 Å². The molecule has 0 saturated heterocycles. The van der Waals surface area contributed by atoms with Gasteiger partial charge in [0.15, 0.2) is 0 Å². The molecule has 1 aliphatic rings. The fourth-order valence-electron chi connectivity index (χ4n) is 4.32. The Balaban J connectivity index is 0.00000110. The van der Waals surface area contributed by atoms with Crippen LogP contribution in [0.5, 0.6) is 0 Å². The van der Waals surface area contributed by atoms with Crippen LogP contribution in [0.1, 0.15) is 36.5 Å². The quantitative estimate of drug-likeness (QED) is 0.142. The number of aromatic nitrogens is 1. The highest BCUT2D eigenvalue weighted by molar-refractivity contribution is 5.78. The number of nitrogens with one attached hydrogen (secondary N) is 1. The second-order valence-electron chi connectivity index (χ2n) is 9.34. The van der Waals surface area contributed by atoms with Gasteiger partial charge in [-0.1, -0.05) is 50.1 Å². The summed E-state index contributed by atoms with van der Waals surface area (Å²) in [4.78, 5) is 4.43. The highest BCUT2D eigenvalue weighted by Crippen LogP contribution is 2.39. The molecule has 3 aromatic rings. The van der Waals surface area contributed by atoms with E-state index in [2.05, 4.69) is 48.6 Å². The number of allylic oxidation sites excluding steroid dienone is 6. The molecule has 1 fully saturated rings. The largest absolute Gasteiger partial charge is 0.405 e. The highest BCUT2D eigenvalue weighted by atomic mass is 19.1. The van der Waals surface area contributed by atoms with Crippen LogP contribution in [-0.2, 0) is 6.42 Å². The van der Waals surface area contributed by atoms with E-state index in [9.17, 15) is 4.39 Å². The van der Waals surface area contributed by atoms with Gasteiger partial charge in [-0.15, -0.1) is 12.8 Å². The number of halogens is 2. The average molecular weight is 553 g/mol. The first kappa shape index (κ1) is 32.3. The molecule has 0 radical (unpaired) electrons. The Kier molecular flexibility index (Phi) is 12.3. The number of nitrogens with two attached hydrogens (primary N) is 2. The van der Waals surface area contributed by atoms with Crippen LogP contribution in [0.4, 0.5) is 20.3 Å². The Labute approximate surface area is 242 Å². The zero-order valence-corrected chi connectivity index (χ0v) is 23.8. The lowest BCUT2D eigenvalue weighted by atomic mass is 9.95. The molecule has 1 heterocycles. The third-order valence-corrected chi connectivity index (χ3v) is 6.55. The fourth-order valence-corrected chi connectivity index (χ4v) is 4.32. The van der Waals surface area contributed by atoms with E-state index in [4.69, 9.17) is 5.73 Å². The third-order valence-electron chi connectivity index (χ3n) is 6.55. The summed E-state index contributed by atoms with van der Waals surface area (Å²) in [5, 5.41) is 3.22. The molecule has 0 amide bonds. The van der Waals surface area contributed by atoms with Gasteiger partial charge >= 0.3 is 0 Å². The minimum atomic E-state index is -0.355. The molecule has 0 bridgehead atoms. The Morgan fingerprint density at radius 2 is 1.73 bits per heavy atom. The van der Waals surface area contributed by atoms with E-state index in [-0.39, 0.29) is 18.1 Å². The van der Waals surface area contributed by atoms with E-state index < -0.39 is 0 Å². The molecule has 4 nitrogen and oxygen atoms in total. The van der Waals surface area contributed by atoms with Crippen LogP contribution in [0.3, 0.4) is 0 Å². The summed E-state index contributed by atoms with van der Waals surface area (Å²) < 4.78 is 29.1. The van der Waals surface area contributed by atoms with Gasteiger partial charge in [0, 0.05) is 35.1 Å². The predicted octanol–water partition coefficient (Wildman–Crippen LogP) is 8.35. The molecule has 1 aromatic heterocycles. The summed E-state index contributed by atoms with van der Waals surface area (Å²) in [5.74, 6) is 0.475. The minimum absolute atomic E-state index is 0.199. The number of anilines is 2. The van der Waals surface area contributed by atoms with Gasteiger partial charge in [0.2, 0.25) is 0 Å². The molecular formula is C35H38F2N4. The number of benzene rings is 2. The molecule has 0 unspecified atom stereocenters. The van der Waals surface area contributed by atoms with Crippen molar-refractivity contribution in [3.8, 4) is 24.0 Å². The number of nitrogen functional groups attached to an aromatic ring is 1. The van der Waals surface area contributed by atoms with Crippen LogP contribution in [0, 0.1) is 37.3 Å². The number of terminal acetylenes is 1. The smallest absolute Gasteiger partial charge is 0.136 e. The number of rotatable bonds is 9. The predicted molar refractivity (Wildman–Crippen MR) is 171 cm³/mol. The SMILES string of the molecule is C#C.C=C/C(=C\C(=C/C)c1ccc(N)c(CC(=C)Nc2nccc(-c3ccc(F)cc3)c2C)c1F)C1CC1.C=CN. The van der Waals surface area contributed by atoms with E-state index in [0.29, 0.717) is 34.2 Å². The van der Waals surface area contributed by atoms with Gasteiger partial charge in [-0.25, -0.2) is 13.8 Å². The maximum atomic E-state index is 15.7. The van der Waals surface area contributed by atoms with Gasteiger partial charge in [-0.3, -0.25) is 0 Å². The number of hydrogen-bond donors (Lipinski definition) is 3. The Hall–Kier alpha value is -4.89. The van der Waals surface area contributed by atoms with Crippen LogP contribution in [0.15, 0.2) is 104 Å². The van der Waals surface area contributed by atoms with Crippen LogP contribution >= 0.6 is 0 Å². The summed E-state index contributed by atoms with van der Waals surface area (Å²) in [6.45, 7) is 15.0. The maximum absolute atomic E-state index is 15.7. The first-order valence-corrected chi connectivity index (χ1v) is 13.1. The lowest BCUT2D eigenvalue weighted by Gasteiger charge is -2.17. The molecule has 5 N–H and O–H groups in total. The average Bonchev–Trinajstić information content (AvgIpc) is 3.81. The third kappa shape index (κ3) is 8.55. The van der Waals surface area contributed by atoms with E-state index in [0.717, 1.165) is 40.7 Å². The van der Waals surface area contributed by atoms with Crippen molar-refractivity contribution in [3.63, 3.8) is 0 Å². The first-order chi connectivity index (χ1) is 19.7. The van der Waals surface area contributed by atoms with E-state index >= 15 is 4.39 Å². The van der Waals surface area contributed by atoms with E-state index in [1.807, 2.05) is 38.1 Å². The maximum Gasteiger partial charge on any atom is 0.136 e. The standard InChI is InChI=1S/C31H31F2N3.C2H5N.C2H2/c1-5-21(23-7-8-23)18-22(6-2)27-13-14-29(34)28(30(27)33)17-19(3)36-31-20(4)26(15-16-35-31)24-9-11-25(32)12-10-24;1-2-3;1-2/h5-6,9-16,18,23H,1,3,7-8,17,34H2,2,4H3,(H,35,36);2H,1,3H2;1-2H/b21-18+,22-6+;;. The van der Waals surface area contributed by atoms with Crippen molar-refractivity contribution in [2.75, 3.05) is 11.1 Å². The normalized spacial score (nSPS) is 12.6. The second kappa shape index (κ2) is 15.6. The van der Waals surface area contributed by atoms with Crippen molar-refractivity contribution in [1.82, 2.24) is 4.98 Å². The molecule has 212 valence electrons. The van der Waals surface area contributed by atoms with Gasteiger partial charge in [-0.05, 0) is 97.0 Å². The van der Waals surface area contributed by atoms with Crippen molar-refractivity contribution < 1.29 is 8.78 Å². The number of pyridine rings is 1. The van der Waals surface area contributed by atoms with Crippen LogP contribution in [-0.4, -0.2) is 4.98 Å². The zero-order valence-electron chi connectivity index (χ0n) is 23.8. The van der Waals surface area contributed by atoms with E-state index in [1.54, 1.807) is 30.5 Å². The molecule has 6 heteroatoms. The summed E-state index contributed by atoms with van der Waals surface area (Å²) >= 11 is 0. The van der Waals surface area contributed by atoms with Gasteiger partial charge in [-0.2, -0.15) is 0 Å². The molecule has 0 atom stereocenters. The minimum Gasteiger partial charge on any atom is -0.405 e. The lowest BCUT2D eigenvalue weighted by molar-refractivity contribution is 0.611. The molecule has 1 saturated carbocycles. The molecule has 2 aromatic carbocycles. The Morgan fingerprint density at radius 3 is 2.29 bits per heavy atom. The van der Waals surface area contributed by atoms with Crippen molar-refractivity contribution in [2.24, 2.45) is 11.7 Å². The van der Waals surface area contributed by atoms with Crippen LogP contribution in [0.25, 0.3) is 16.7 Å². The molecule has 0 spiro atoms. The van der Waals surface area contributed by atoms with Crippen molar-refractivity contribution in [2.45, 2.75) is 33.1 Å². The van der Waals surface area contributed by atoms with E-state index in [1.165, 1.54) is 18.3 Å². The summed E-state index contributed by atoms with van der Waals surface area (Å²) in [5.41, 5.74) is 17.2. The summed E-state index contributed by atoms with van der Waals surface area (Å²) in [6, 6.07) is 11.7. The molecule has 41 heavy (non-hydrogen) atoms. The van der Waals surface area contributed by atoms with Crippen LogP contribution < -0.4 is 16.8 Å². The Bertz CT molecular complexity index is 1460. The molecule has 4 rings (SSSR count). The highest BCUT2D eigenvalue weighted by Gasteiger charge is 2.25. The summed E-state index contributed by atoms with van der Waals surface area (Å²) in [6.07, 6.45) is 19.2. The van der Waals surface area contributed by atoms with Gasteiger partial charge < -0.3 is 16.8 Å². The summed E-state index contributed by atoms with van der Waals surface area (Å²) in [7, 11) is 0. The molecular weight excluding hydrogens is 514 g/mol. The van der Waals surface area contributed by atoms with Gasteiger partial charge in [0.25, 0.3) is 0 Å². The fraction of sp³-hybridized carbons (Fsp3) is 0.171. The van der Waals surface area contributed by atoms with Crippen molar-refractivity contribution >= 4 is 17.1 Å². The van der Waals surface area contributed by atoms with Crippen molar-refractivity contribution in [1.29, 1.82) is 0 Å². The number of nitrogens with zero attached hydrogens (tertiary/aromatic N) is 1. The van der Waals surface area contributed by atoms with Gasteiger partial charge in [0.1, 0.15) is 17.5 Å². The second-order valence-corrected chi connectivity index (χ2v) is 9.34.